The lowest BCUT2D eigenvalue weighted by atomic mass is 9.58. The van der Waals surface area contributed by atoms with Crippen molar-refractivity contribution < 1.29 is 19.5 Å². The van der Waals surface area contributed by atoms with Crippen LogP contribution in [0.1, 0.15) is 46.4 Å². The average molecular weight is 369 g/mol. The van der Waals surface area contributed by atoms with Crippen LogP contribution in [-0.4, -0.2) is 60.0 Å². The predicted octanol–water partition coefficient (Wildman–Crippen LogP) is 0.770. The number of amides is 3. The van der Waals surface area contributed by atoms with Gasteiger partial charge in [-0.05, 0) is 43.7 Å². The number of carbonyl (C=O) groups is 3. The summed E-state index contributed by atoms with van der Waals surface area (Å²) in [6.07, 6.45) is 3.33. The molecule has 3 fully saturated rings. The van der Waals surface area contributed by atoms with Crippen molar-refractivity contribution in [2.45, 2.75) is 31.7 Å². The van der Waals surface area contributed by atoms with E-state index in [1.807, 2.05) is 12.1 Å². The number of aliphatic hydroxyl groups excluding tert-OH is 1. The normalized spacial score (nSPS) is 26.7. The molecule has 1 aromatic rings. The third-order valence-corrected chi connectivity index (χ3v) is 6.59. The number of imide groups is 1. The number of rotatable bonds is 3. The van der Waals surface area contributed by atoms with E-state index >= 15 is 0 Å². The zero-order chi connectivity index (χ0) is 18.8. The van der Waals surface area contributed by atoms with Gasteiger partial charge in [-0.2, -0.15) is 0 Å². The number of hydrogen-bond acceptors (Lipinski definition) is 5. The Hall–Kier alpha value is -2.41. The van der Waals surface area contributed by atoms with Crippen LogP contribution in [0.3, 0.4) is 0 Å². The molecule has 1 aromatic carbocycles. The molecule has 0 radical (unpaired) electrons. The Morgan fingerprint density at radius 3 is 2.63 bits per heavy atom. The first-order chi connectivity index (χ1) is 13.0. The molecule has 0 bridgehead atoms. The summed E-state index contributed by atoms with van der Waals surface area (Å²) in [5.74, 6) is -0.560. The molecule has 3 heterocycles. The Balaban J connectivity index is 1.41. The Kier molecular flexibility index (Phi) is 3.59. The summed E-state index contributed by atoms with van der Waals surface area (Å²) in [4.78, 5) is 41.5. The molecule has 3 aliphatic heterocycles. The molecule has 1 unspecified atom stereocenters. The number of nitrogens with zero attached hydrogens (tertiary/aromatic N) is 2. The van der Waals surface area contributed by atoms with E-state index in [4.69, 9.17) is 0 Å². The minimum Gasteiger partial charge on any atom is -0.396 e. The van der Waals surface area contributed by atoms with Gasteiger partial charge in [0.1, 0.15) is 6.04 Å². The summed E-state index contributed by atoms with van der Waals surface area (Å²) in [6.45, 7) is 2.54. The highest BCUT2D eigenvalue weighted by Crippen LogP contribution is 2.53. The number of anilines is 1. The highest BCUT2D eigenvalue weighted by atomic mass is 16.3. The molecule has 142 valence electrons. The van der Waals surface area contributed by atoms with Gasteiger partial charge in [-0.3, -0.25) is 19.3 Å². The third-order valence-electron chi connectivity index (χ3n) is 6.59. The van der Waals surface area contributed by atoms with Crippen LogP contribution in [-0.2, 0) is 4.79 Å². The van der Waals surface area contributed by atoms with E-state index in [1.54, 1.807) is 6.07 Å². The molecule has 1 saturated carbocycles. The quantitative estimate of drug-likeness (QED) is 0.768. The van der Waals surface area contributed by atoms with Crippen molar-refractivity contribution in [1.82, 2.24) is 10.2 Å². The van der Waals surface area contributed by atoms with Crippen molar-refractivity contribution >= 4 is 23.4 Å². The summed E-state index contributed by atoms with van der Waals surface area (Å²) in [6, 6.07) is 4.68. The average Bonchev–Trinajstić information content (AvgIpc) is 2.85. The standard InChI is InChI=1S/C20H23N3O4/c24-9-12-7-20(8-12)10-22(11-20)14-4-1-3-13-16(14)19(27)23(18(13)26)15-5-2-6-21-17(15)25/h1,3-4,12,15,24H,2,5-11H2,(H,21,25). The van der Waals surface area contributed by atoms with E-state index in [9.17, 15) is 19.5 Å². The zero-order valence-electron chi connectivity index (χ0n) is 15.1. The first-order valence-electron chi connectivity index (χ1n) is 9.67. The highest BCUT2D eigenvalue weighted by molar-refractivity contribution is 6.25. The van der Waals surface area contributed by atoms with Gasteiger partial charge in [-0.25, -0.2) is 0 Å². The maximum atomic E-state index is 13.1. The van der Waals surface area contributed by atoms with E-state index in [2.05, 4.69) is 10.2 Å². The zero-order valence-corrected chi connectivity index (χ0v) is 15.1. The summed E-state index contributed by atoms with van der Waals surface area (Å²) in [5.41, 5.74) is 1.89. The minimum atomic E-state index is -0.710. The van der Waals surface area contributed by atoms with Crippen molar-refractivity contribution in [3.05, 3.63) is 29.3 Å². The number of aliphatic hydroxyl groups is 1. The van der Waals surface area contributed by atoms with Crippen LogP contribution in [0.5, 0.6) is 0 Å². The molecule has 7 heteroatoms. The summed E-state index contributed by atoms with van der Waals surface area (Å²) >= 11 is 0. The lowest BCUT2D eigenvalue weighted by molar-refractivity contribution is -0.126. The van der Waals surface area contributed by atoms with Crippen LogP contribution < -0.4 is 10.2 Å². The number of fused-ring (bicyclic) bond motifs is 1. The second kappa shape index (κ2) is 5.79. The number of benzene rings is 1. The first-order valence-corrected chi connectivity index (χ1v) is 9.67. The van der Waals surface area contributed by atoms with Crippen LogP contribution in [0.2, 0.25) is 0 Å². The van der Waals surface area contributed by atoms with Crippen molar-refractivity contribution in [3.63, 3.8) is 0 Å². The molecule has 5 rings (SSSR count). The fourth-order valence-corrected chi connectivity index (χ4v) is 5.32. The van der Waals surface area contributed by atoms with Gasteiger partial charge < -0.3 is 15.3 Å². The van der Waals surface area contributed by atoms with Crippen molar-refractivity contribution in [2.75, 3.05) is 31.1 Å². The van der Waals surface area contributed by atoms with Crippen LogP contribution >= 0.6 is 0 Å². The number of piperidine rings is 1. The molecule has 27 heavy (non-hydrogen) atoms. The number of nitrogens with one attached hydrogen (secondary N) is 1. The van der Waals surface area contributed by atoms with Crippen LogP contribution in [0, 0.1) is 11.3 Å². The Bertz CT molecular complexity index is 838. The molecule has 1 spiro atoms. The van der Waals surface area contributed by atoms with Crippen LogP contribution in [0.15, 0.2) is 18.2 Å². The summed E-state index contributed by atoms with van der Waals surface area (Å²) < 4.78 is 0. The molecule has 2 N–H and O–H groups in total. The fraction of sp³-hybridized carbons (Fsp3) is 0.550. The van der Waals surface area contributed by atoms with Gasteiger partial charge in [-0.1, -0.05) is 6.07 Å². The monoisotopic (exact) mass is 369 g/mol. The van der Waals surface area contributed by atoms with E-state index in [0.717, 1.165) is 42.9 Å². The molecule has 4 aliphatic rings. The molecular weight excluding hydrogens is 346 g/mol. The van der Waals surface area contributed by atoms with Gasteiger partial charge in [0.05, 0.1) is 16.8 Å². The molecule has 0 aromatic heterocycles. The van der Waals surface area contributed by atoms with Gasteiger partial charge >= 0.3 is 0 Å². The number of carbonyl (C=O) groups excluding carboxylic acids is 3. The number of hydrogen-bond donors (Lipinski definition) is 2. The van der Waals surface area contributed by atoms with E-state index in [0.29, 0.717) is 30.0 Å². The Morgan fingerprint density at radius 2 is 1.93 bits per heavy atom. The van der Waals surface area contributed by atoms with Gasteiger partial charge in [0.25, 0.3) is 11.8 Å². The van der Waals surface area contributed by atoms with Gasteiger partial charge in [0.15, 0.2) is 0 Å². The van der Waals surface area contributed by atoms with E-state index in [1.165, 1.54) is 0 Å². The Labute approximate surface area is 157 Å². The maximum Gasteiger partial charge on any atom is 0.264 e. The molecule has 3 amide bonds. The third kappa shape index (κ3) is 2.34. The predicted molar refractivity (Wildman–Crippen MR) is 97.4 cm³/mol. The molecule has 7 nitrogen and oxygen atoms in total. The molecule has 2 saturated heterocycles. The lowest BCUT2D eigenvalue weighted by Gasteiger charge is -2.60. The lowest BCUT2D eigenvalue weighted by Crippen LogP contribution is -2.63. The Morgan fingerprint density at radius 1 is 1.15 bits per heavy atom. The maximum absolute atomic E-state index is 13.1. The second-order valence-corrected chi connectivity index (χ2v) is 8.44. The van der Waals surface area contributed by atoms with Gasteiger partial charge in [-0.15, -0.1) is 0 Å². The summed E-state index contributed by atoms with van der Waals surface area (Å²) in [5, 5.41) is 12.0. The minimum absolute atomic E-state index is 0.244. The first kappa shape index (κ1) is 16.7. The largest absolute Gasteiger partial charge is 0.396 e. The van der Waals surface area contributed by atoms with Crippen LogP contribution in [0.4, 0.5) is 5.69 Å². The van der Waals surface area contributed by atoms with Gasteiger partial charge in [0.2, 0.25) is 5.91 Å². The van der Waals surface area contributed by atoms with E-state index < -0.39 is 6.04 Å². The molecule has 1 atom stereocenters. The fourth-order valence-electron chi connectivity index (χ4n) is 5.32. The molecular formula is C20H23N3O4. The highest BCUT2D eigenvalue weighted by Gasteiger charge is 2.53. The summed E-state index contributed by atoms with van der Waals surface area (Å²) in [7, 11) is 0. The second-order valence-electron chi connectivity index (χ2n) is 8.44. The topological polar surface area (TPSA) is 90.0 Å². The van der Waals surface area contributed by atoms with Crippen molar-refractivity contribution in [2.24, 2.45) is 11.3 Å². The van der Waals surface area contributed by atoms with Crippen LogP contribution in [0.25, 0.3) is 0 Å². The van der Waals surface area contributed by atoms with Crippen molar-refractivity contribution in [1.29, 1.82) is 0 Å². The smallest absolute Gasteiger partial charge is 0.264 e. The van der Waals surface area contributed by atoms with Gasteiger partial charge in [0, 0.05) is 31.7 Å². The SMILES string of the molecule is O=C1NCCCC1N1C(=O)c2cccc(N3CC4(CC(CO)C4)C3)c2C1=O. The van der Waals surface area contributed by atoms with E-state index in [-0.39, 0.29) is 29.7 Å². The molecule has 1 aliphatic carbocycles. The van der Waals surface area contributed by atoms with Crippen molar-refractivity contribution in [3.8, 4) is 0 Å².